The van der Waals surface area contributed by atoms with Crippen LogP contribution in [0, 0.1) is 12.8 Å². The second-order valence-corrected chi connectivity index (χ2v) is 8.60. The molecule has 2 aromatic carbocycles. The number of ether oxygens (including phenoxy) is 2. The van der Waals surface area contributed by atoms with Crippen LogP contribution in [0.3, 0.4) is 0 Å². The van der Waals surface area contributed by atoms with E-state index in [-0.39, 0.29) is 17.9 Å². The normalized spacial score (nSPS) is 26.5. The van der Waals surface area contributed by atoms with Gasteiger partial charge in [-0.15, -0.1) is 0 Å². The van der Waals surface area contributed by atoms with Crippen LogP contribution in [0.4, 0.5) is 11.4 Å². The first-order valence-electron chi connectivity index (χ1n) is 10.7. The van der Waals surface area contributed by atoms with E-state index in [4.69, 9.17) is 9.47 Å². The number of fused-ring (bicyclic) bond motifs is 4. The van der Waals surface area contributed by atoms with Crippen molar-refractivity contribution >= 4 is 23.2 Å². The summed E-state index contributed by atoms with van der Waals surface area (Å²) in [5, 5.41) is 6.09. The number of aryl methyl sites for hydroxylation is 1. The summed E-state index contributed by atoms with van der Waals surface area (Å²) in [7, 11) is 3.14. The lowest BCUT2D eigenvalue weighted by atomic mass is 9.78. The molecule has 3 heterocycles. The molecule has 31 heavy (non-hydrogen) atoms. The SMILES string of the molecule is COc1ccc(OC)c(NC(=O)[C@H]2C[C@@H]3CCCN3[C@]23C(=O)Nc2ccc(C)cc23)c1. The van der Waals surface area contributed by atoms with Gasteiger partial charge in [-0.25, -0.2) is 0 Å². The van der Waals surface area contributed by atoms with Crippen LogP contribution in [0.25, 0.3) is 0 Å². The maximum Gasteiger partial charge on any atom is 0.250 e. The maximum absolute atomic E-state index is 13.7. The molecule has 162 valence electrons. The second kappa shape index (κ2) is 7.27. The summed E-state index contributed by atoms with van der Waals surface area (Å²) < 4.78 is 10.7. The van der Waals surface area contributed by atoms with E-state index < -0.39 is 11.5 Å². The Labute approximate surface area is 181 Å². The predicted molar refractivity (Wildman–Crippen MR) is 117 cm³/mol. The van der Waals surface area contributed by atoms with E-state index in [0.717, 1.165) is 36.2 Å². The zero-order chi connectivity index (χ0) is 21.8. The highest BCUT2D eigenvalue weighted by molar-refractivity contribution is 6.11. The van der Waals surface area contributed by atoms with E-state index in [1.165, 1.54) is 0 Å². The van der Waals surface area contributed by atoms with Crippen molar-refractivity contribution in [3.63, 3.8) is 0 Å². The molecule has 0 saturated carbocycles. The Hall–Kier alpha value is -3.06. The third-order valence-corrected chi connectivity index (χ3v) is 7.00. The second-order valence-electron chi connectivity index (χ2n) is 8.60. The van der Waals surface area contributed by atoms with Gasteiger partial charge < -0.3 is 20.1 Å². The average Bonchev–Trinajstić information content (AvgIpc) is 3.42. The Balaban J connectivity index is 1.57. The molecule has 3 atom stereocenters. The molecular weight excluding hydrogens is 394 g/mol. The van der Waals surface area contributed by atoms with Crippen LogP contribution < -0.4 is 20.1 Å². The molecule has 7 nitrogen and oxygen atoms in total. The number of rotatable bonds is 4. The van der Waals surface area contributed by atoms with Gasteiger partial charge in [0.15, 0.2) is 0 Å². The molecule has 2 aromatic rings. The van der Waals surface area contributed by atoms with E-state index >= 15 is 0 Å². The van der Waals surface area contributed by atoms with Gasteiger partial charge in [0, 0.05) is 23.4 Å². The fourth-order valence-electron chi connectivity index (χ4n) is 5.67. The van der Waals surface area contributed by atoms with Crippen molar-refractivity contribution in [3.05, 3.63) is 47.5 Å². The standard InChI is InChI=1S/C24H27N3O4/c1-14-6-8-19-17(11-14)24(23(29)26-19)18(12-15-5-4-10-27(15)24)22(28)25-20-13-16(30-2)7-9-21(20)31-3/h6-9,11,13,15,18H,4-5,10,12H2,1-3H3,(H,25,28)(H,26,29)/t15-,18+,24-/m0/s1. The van der Waals surface area contributed by atoms with Gasteiger partial charge in [0.1, 0.15) is 17.0 Å². The van der Waals surface area contributed by atoms with E-state index in [9.17, 15) is 9.59 Å². The molecular formula is C24H27N3O4. The van der Waals surface area contributed by atoms with Crippen LogP contribution in [0.1, 0.15) is 30.4 Å². The fourth-order valence-corrected chi connectivity index (χ4v) is 5.67. The van der Waals surface area contributed by atoms with Crippen LogP contribution in [-0.4, -0.2) is 43.5 Å². The van der Waals surface area contributed by atoms with Crippen molar-refractivity contribution in [1.29, 1.82) is 0 Å². The Morgan fingerprint density at radius 2 is 2.03 bits per heavy atom. The Bertz CT molecular complexity index is 1070. The minimum absolute atomic E-state index is 0.102. The van der Waals surface area contributed by atoms with Gasteiger partial charge >= 0.3 is 0 Å². The number of hydrogen-bond donors (Lipinski definition) is 2. The van der Waals surface area contributed by atoms with Crippen LogP contribution in [0.2, 0.25) is 0 Å². The zero-order valence-electron chi connectivity index (χ0n) is 18.0. The largest absolute Gasteiger partial charge is 0.497 e. The van der Waals surface area contributed by atoms with Crippen molar-refractivity contribution in [3.8, 4) is 11.5 Å². The summed E-state index contributed by atoms with van der Waals surface area (Å²) in [4.78, 5) is 29.5. The van der Waals surface area contributed by atoms with Crippen molar-refractivity contribution in [2.45, 2.75) is 37.8 Å². The molecule has 2 saturated heterocycles. The summed E-state index contributed by atoms with van der Waals surface area (Å²) in [5.74, 6) is 0.392. The van der Waals surface area contributed by atoms with Crippen LogP contribution >= 0.6 is 0 Å². The highest BCUT2D eigenvalue weighted by Gasteiger charge is 2.65. The van der Waals surface area contributed by atoms with E-state index in [0.29, 0.717) is 23.6 Å². The van der Waals surface area contributed by atoms with Gasteiger partial charge in [-0.05, 0) is 50.9 Å². The number of amides is 2. The molecule has 2 fully saturated rings. The molecule has 3 aliphatic heterocycles. The topological polar surface area (TPSA) is 79.9 Å². The van der Waals surface area contributed by atoms with Gasteiger partial charge in [0.05, 0.1) is 25.8 Å². The highest BCUT2D eigenvalue weighted by atomic mass is 16.5. The third-order valence-electron chi connectivity index (χ3n) is 7.00. The summed E-state index contributed by atoms with van der Waals surface area (Å²) in [5.41, 5.74) is 2.36. The number of benzene rings is 2. The number of carbonyl (C=O) groups excluding carboxylic acids is 2. The number of carbonyl (C=O) groups is 2. The fraction of sp³-hybridized carbons (Fsp3) is 0.417. The minimum atomic E-state index is -0.974. The van der Waals surface area contributed by atoms with Crippen molar-refractivity contribution in [1.82, 2.24) is 4.90 Å². The highest BCUT2D eigenvalue weighted by Crippen LogP contribution is 2.55. The molecule has 3 aliphatic rings. The van der Waals surface area contributed by atoms with Gasteiger partial charge in [0.25, 0.3) is 0 Å². The zero-order valence-corrected chi connectivity index (χ0v) is 18.0. The molecule has 5 rings (SSSR count). The Morgan fingerprint density at radius 1 is 1.19 bits per heavy atom. The summed E-state index contributed by atoms with van der Waals surface area (Å²) in [6, 6.07) is 11.5. The quantitative estimate of drug-likeness (QED) is 0.792. The summed E-state index contributed by atoms with van der Waals surface area (Å²) in [6.45, 7) is 2.83. The lowest BCUT2D eigenvalue weighted by Crippen LogP contribution is -2.53. The third kappa shape index (κ3) is 2.83. The molecule has 0 aromatic heterocycles. The molecule has 2 N–H and O–H groups in total. The number of anilines is 2. The molecule has 0 aliphatic carbocycles. The van der Waals surface area contributed by atoms with E-state index in [1.807, 2.05) is 19.1 Å². The van der Waals surface area contributed by atoms with Crippen molar-refractivity contribution in [2.24, 2.45) is 5.92 Å². The van der Waals surface area contributed by atoms with E-state index in [2.05, 4.69) is 21.6 Å². The summed E-state index contributed by atoms with van der Waals surface area (Å²) >= 11 is 0. The van der Waals surface area contributed by atoms with Crippen molar-refractivity contribution in [2.75, 3.05) is 31.4 Å². The molecule has 1 spiro atoms. The first-order chi connectivity index (χ1) is 15.0. The van der Waals surface area contributed by atoms with Gasteiger partial charge in [-0.3, -0.25) is 14.5 Å². The molecule has 7 heteroatoms. The average molecular weight is 421 g/mol. The van der Waals surface area contributed by atoms with E-state index in [1.54, 1.807) is 32.4 Å². The summed E-state index contributed by atoms with van der Waals surface area (Å²) in [6.07, 6.45) is 2.69. The van der Waals surface area contributed by atoms with Crippen LogP contribution in [-0.2, 0) is 15.1 Å². The number of nitrogens with one attached hydrogen (secondary N) is 2. The molecule has 0 unspecified atom stereocenters. The maximum atomic E-state index is 13.7. The monoisotopic (exact) mass is 421 g/mol. The van der Waals surface area contributed by atoms with Gasteiger partial charge in [-0.1, -0.05) is 17.7 Å². The van der Waals surface area contributed by atoms with Crippen molar-refractivity contribution < 1.29 is 19.1 Å². The lowest BCUT2D eigenvalue weighted by Gasteiger charge is -2.36. The van der Waals surface area contributed by atoms with Gasteiger partial charge in [0.2, 0.25) is 11.8 Å². The first kappa shape index (κ1) is 19.9. The number of nitrogens with zero attached hydrogens (tertiary/aromatic N) is 1. The number of methoxy groups -OCH3 is 2. The first-order valence-corrected chi connectivity index (χ1v) is 10.7. The molecule has 2 amide bonds. The smallest absolute Gasteiger partial charge is 0.250 e. The Morgan fingerprint density at radius 3 is 2.81 bits per heavy atom. The number of hydrogen-bond acceptors (Lipinski definition) is 5. The van der Waals surface area contributed by atoms with Crippen LogP contribution in [0.5, 0.6) is 11.5 Å². The van der Waals surface area contributed by atoms with Crippen LogP contribution in [0.15, 0.2) is 36.4 Å². The van der Waals surface area contributed by atoms with Gasteiger partial charge in [-0.2, -0.15) is 0 Å². The molecule has 0 radical (unpaired) electrons. The predicted octanol–water partition coefficient (Wildman–Crippen LogP) is 3.28. The minimum Gasteiger partial charge on any atom is -0.497 e. The molecule has 0 bridgehead atoms. The Kier molecular flexibility index (Phi) is 4.66. The lowest BCUT2D eigenvalue weighted by molar-refractivity contribution is -0.135.